The van der Waals surface area contributed by atoms with Crippen molar-refractivity contribution in [1.82, 2.24) is 0 Å². The number of Topliss-reactive ketones (excluding diaryl/α,β-unsaturated/α-hetero) is 1. The number of hydrogen-bond acceptors (Lipinski definition) is 4. The SMILES string of the molecule is O=C[C@@H]1C[C@@H]2C(I)=C[C@H]1C(=O)[C@@]21CCC(=O)O1. The molecule has 4 rings (SSSR count). The van der Waals surface area contributed by atoms with E-state index in [1.807, 2.05) is 6.08 Å². The van der Waals surface area contributed by atoms with Gasteiger partial charge in [0.1, 0.15) is 6.29 Å². The summed E-state index contributed by atoms with van der Waals surface area (Å²) in [5.41, 5.74) is -0.952. The molecule has 2 fully saturated rings. The summed E-state index contributed by atoms with van der Waals surface area (Å²) < 4.78 is 6.40. The van der Waals surface area contributed by atoms with Crippen molar-refractivity contribution in [1.29, 1.82) is 0 Å². The average Bonchev–Trinajstić information content (AvgIpc) is 2.69. The summed E-state index contributed by atoms with van der Waals surface area (Å²) in [4.78, 5) is 34.7. The second-order valence-corrected chi connectivity index (χ2v) is 6.14. The molecule has 3 aliphatic carbocycles. The van der Waals surface area contributed by atoms with E-state index >= 15 is 0 Å². The lowest BCUT2D eigenvalue weighted by Gasteiger charge is -2.47. The number of halogens is 1. The van der Waals surface area contributed by atoms with Crippen LogP contribution in [-0.4, -0.2) is 23.6 Å². The summed E-state index contributed by atoms with van der Waals surface area (Å²) >= 11 is 2.19. The number of ether oxygens (including phenoxy) is 1. The highest BCUT2D eigenvalue weighted by molar-refractivity contribution is 14.1. The van der Waals surface area contributed by atoms with E-state index in [1.165, 1.54) is 0 Å². The lowest BCUT2D eigenvalue weighted by Crippen LogP contribution is -2.57. The highest BCUT2D eigenvalue weighted by Gasteiger charge is 2.62. The fourth-order valence-electron chi connectivity index (χ4n) is 3.23. The van der Waals surface area contributed by atoms with Crippen LogP contribution in [0.15, 0.2) is 9.66 Å². The molecule has 4 nitrogen and oxygen atoms in total. The molecule has 1 saturated heterocycles. The van der Waals surface area contributed by atoms with Gasteiger partial charge in [0.05, 0.1) is 5.92 Å². The Bertz CT molecular complexity index is 455. The fourth-order valence-corrected chi connectivity index (χ4v) is 4.38. The van der Waals surface area contributed by atoms with Crippen molar-refractivity contribution in [2.75, 3.05) is 0 Å². The molecule has 90 valence electrons. The minimum absolute atomic E-state index is 0.0721. The van der Waals surface area contributed by atoms with Gasteiger partial charge in [-0.3, -0.25) is 9.59 Å². The highest BCUT2D eigenvalue weighted by atomic mass is 127. The van der Waals surface area contributed by atoms with Crippen LogP contribution in [0.5, 0.6) is 0 Å². The number of fused-ring (bicyclic) bond motifs is 1. The lowest BCUT2D eigenvalue weighted by atomic mass is 9.60. The van der Waals surface area contributed by atoms with Gasteiger partial charge in [-0.25, -0.2) is 0 Å². The Hall–Kier alpha value is -0.720. The lowest BCUT2D eigenvalue weighted by molar-refractivity contribution is -0.169. The molecule has 0 aromatic rings. The summed E-state index contributed by atoms with van der Waals surface area (Å²) in [7, 11) is 0. The van der Waals surface area contributed by atoms with Crippen molar-refractivity contribution in [3.05, 3.63) is 9.66 Å². The van der Waals surface area contributed by atoms with E-state index in [1.54, 1.807) is 0 Å². The molecule has 5 heteroatoms. The highest BCUT2D eigenvalue weighted by Crippen LogP contribution is 2.54. The third-order valence-corrected chi connectivity index (χ3v) is 5.21. The van der Waals surface area contributed by atoms with Gasteiger partial charge in [0.2, 0.25) is 0 Å². The third kappa shape index (κ3) is 1.37. The molecule has 1 aliphatic heterocycles. The molecule has 0 amide bonds. The number of carbonyl (C=O) groups excluding carboxylic acids is 3. The van der Waals surface area contributed by atoms with E-state index in [4.69, 9.17) is 4.74 Å². The molecular weight excluding hydrogens is 335 g/mol. The Morgan fingerprint density at radius 3 is 2.82 bits per heavy atom. The predicted octanol–water partition coefficient (Wildman–Crippen LogP) is 1.42. The van der Waals surface area contributed by atoms with Gasteiger partial charge in [-0.2, -0.15) is 0 Å². The van der Waals surface area contributed by atoms with Gasteiger partial charge in [-0.15, -0.1) is 0 Å². The number of carbonyl (C=O) groups is 3. The Morgan fingerprint density at radius 2 is 2.24 bits per heavy atom. The Balaban J connectivity index is 2.06. The molecule has 0 aromatic carbocycles. The summed E-state index contributed by atoms with van der Waals surface area (Å²) in [5.74, 6) is -1.11. The molecule has 1 spiro atoms. The van der Waals surface area contributed by atoms with Crippen LogP contribution in [0.1, 0.15) is 19.3 Å². The number of aldehydes is 1. The van der Waals surface area contributed by atoms with Gasteiger partial charge in [0.25, 0.3) is 0 Å². The number of hydrogen-bond donors (Lipinski definition) is 0. The maximum Gasteiger partial charge on any atom is 0.306 e. The van der Waals surface area contributed by atoms with Crippen LogP contribution >= 0.6 is 22.6 Å². The molecule has 4 aliphatic rings. The molecule has 1 saturated carbocycles. The first kappa shape index (κ1) is 11.4. The van der Waals surface area contributed by atoms with Crippen LogP contribution in [0.4, 0.5) is 0 Å². The molecule has 0 unspecified atom stereocenters. The molecular formula is C12H11IO4. The standard InChI is InChI=1S/C12H11IO4/c13-9-4-7-6(5-14)3-8(9)12(11(7)16)2-1-10(15)17-12/h4-8H,1-3H2/t6-,7+,8+,12+/m0/s1. The van der Waals surface area contributed by atoms with Crippen LogP contribution in [0, 0.1) is 17.8 Å². The van der Waals surface area contributed by atoms with Gasteiger partial charge < -0.3 is 9.53 Å². The second kappa shape index (κ2) is 3.63. The first-order valence-electron chi connectivity index (χ1n) is 5.67. The van der Waals surface area contributed by atoms with E-state index in [0.29, 0.717) is 19.3 Å². The monoisotopic (exact) mass is 346 g/mol. The van der Waals surface area contributed by atoms with Crippen molar-refractivity contribution in [3.8, 4) is 0 Å². The van der Waals surface area contributed by atoms with Crippen molar-refractivity contribution in [2.24, 2.45) is 17.8 Å². The number of esters is 1. The van der Waals surface area contributed by atoms with Crippen LogP contribution in [0.25, 0.3) is 0 Å². The Morgan fingerprint density at radius 1 is 1.47 bits per heavy atom. The second-order valence-electron chi connectivity index (χ2n) is 4.89. The van der Waals surface area contributed by atoms with E-state index < -0.39 is 11.5 Å². The molecule has 0 radical (unpaired) electrons. The molecule has 4 atom stereocenters. The zero-order valence-corrected chi connectivity index (χ0v) is 11.2. The number of rotatable bonds is 1. The van der Waals surface area contributed by atoms with Crippen molar-refractivity contribution in [2.45, 2.75) is 24.9 Å². The van der Waals surface area contributed by atoms with Crippen molar-refractivity contribution >= 4 is 40.6 Å². The normalized spacial score (nSPS) is 43.8. The largest absolute Gasteiger partial charge is 0.450 e. The predicted molar refractivity (Wildman–Crippen MR) is 66.3 cm³/mol. The molecule has 2 bridgehead atoms. The van der Waals surface area contributed by atoms with Gasteiger partial charge in [-0.1, -0.05) is 6.08 Å². The summed E-state index contributed by atoms with van der Waals surface area (Å²) in [6.07, 6.45) is 4.14. The smallest absolute Gasteiger partial charge is 0.306 e. The van der Waals surface area contributed by atoms with Crippen molar-refractivity contribution in [3.63, 3.8) is 0 Å². The summed E-state index contributed by atoms with van der Waals surface area (Å²) in [6.45, 7) is 0. The first-order chi connectivity index (χ1) is 8.08. The van der Waals surface area contributed by atoms with Crippen LogP contribution < -0.4 is 0 Å². The summed E-state index contributed by atoms with van der Waals surface area (Å²) in [6, 6.07) is 0. The van der Waals surface area contributed by atoms with E-state index in [-0.39, 0.29) is 23.6 Å². The Kier molecular flexibility index (Phi) is 2.43. The number of allylic oxidation sites excluding steroid dienone is 1. The van der Waals surface area contributed by atoms with Crippen molar-refractivity contribution < 1.29 is 19.1 Å². The molecule has 0 N–H and O–H groups in total. The van der Waals surface area contributed by atoms with E-state index in [9.17, 15) is 14.4 Å². The molecule has 1 heterocycles. The van der Waals surface area contributed by atoms with E-state index in [0.717, 1.165) is 9.87 Å². The first-order valence-corrected chi connectivity index (χ1v) is 6.75. The Labute approximate surface area is 112 Å². The minimum Gasteiger partial charge on any atom is -0.450 e. The van der Waals surface area contributed by atoms with Gasteiger partial charge in [0.15, 0.2) is 11.4 Å². The van der Waals surface area contributed by atoms with Crippen LogP contribution in [0.2, 0.25) is 0 Å². The van der Waals surface area contributed by atoms with Gasteiger partial charge in [0, 0.05) is 24.7 Å². The quantitative estimate of drug-likeness (QED) is 0.409. The number of ketones is 1. The summed E-state index contributed by atoms with van der Waals surface area (Å²) in [5, 5.41) is 0. The average molecular weight is 346 g/mol. The maximum absolute atomic E-state index is 12.4. The van der Waals surface area contributed by atoms with E-state index in [2.05, 4.69) is 22.6 Å². The molecule has 17 heavy (non-hydrogen) atoms. The van der Waals surface area contributed by atoms with Crippen LogP contribution in [-0.2, 0) is 19.1 Å². The van der Waals surface area contributed by atoms with Gasteiger partial charge >= 0.3 is 5.97 Å². The topological polar surface area (TPSA) is 60.4 Å². The third-order valence-electron chi connectivity index (χ3n) is 4.09. The zero-order chi connectivity index (χ0) is 12.2. The van der Waals surface area contributed by atoms with Crippen LogP contribution in [0.3, 0.4) is 0 Å². The molecule has 0 aromatic heterocycles. The fraction of sp³-hybridized carbons (Fsp3) is 0.583. The minimum atomic E-state index is -0.952. The van der Waals surface area contributed by atoms with Gasteiger partial charge in [-0.05, 0) is 32.6 Å². The zero-order valence-electron chi connectivity index (χ0n) is 9.02. The maximum atomic E-state index is 12.4.